The Labute approximate surface area is 147 Å². The van der Waals surface area contributed by atoms with E-state index >= 15 is 0 Å². The number of aromatic hydroxyl groups is 2. The Kier molecular flexibility index (Phi) is 5.99. The first-order chi connectivity index (χ1) is 11.7. The van der Waals surface area contributed by atoms with E-state index in [1.807, 2.05) is 6.92 Å². The summed E-state index contributed by atoms with van der Waals surface area (Å²) in [5.74, 6) is 0.197. The lowest BCUT2D eigenvalue weighted by Crippen LogP contribution is -2.17. The zero-order valence-electron chi connectivity index (χ0n) is 15.1. The van der Waals surface area contributed by atoms with Crippen LogP contribution in [-0.2, 0) is 13.6 Å². The lowest BCUT2D eigenvalue weighted by Gasteiger charge is -2.24. The van der Waals surface area contributed by atoms with Crippen LogP contribution in [-0.4, -0.2) is 29.0 Å². The molecule has 7 heteroatoms. The van der Waals surface area contributed by atoms with Gasteiger partial charge in [-0.15, -0.1) is 0 Å². The summed E-state index contributed by atoms with van der Waals surface area (Å²) in [6, 6.07) is 6.13. The van der Waals surface area contributed by atoms with E-state index in [9.17, 15) is 14.8 Å². The van der Waals surface area contributed by atoms with Gasteiger partial charge in [0.25, 0.3) is 0 Å². The number of rotatable bonds is 7. The van der Waals surface area contributed by atoms with Crippen LogP contribution in [0.25, 0.3) is 10.8 Å². The van der Waals surface area contributed by atoms with Crippen molar-refractivity contribution in [3.8, 4) is 17.2 Å². The van der Waals surface area contributed by atoms with Gasteiger partial charge >= 0.3 is 7.60 Å². The molecule has 0 atom stereocenters. The molecule has 0 bridgehead atoms. The second-order valence-electron chi connectivity index (χ2n) is 6.21. The van der Waals surface area contributed by atoms with Crippen molar-refractivity contribution in [2.24, 2.45) is 0 Å². The largest absolute Gasteiger partial charge is 0.507 e. The molecule has 0 unspecified atom stereocenters. The topological polar surface area (TPSA) is 85.2 Å². The van der Waals surface area contributed by atoms with Gasteiger partial charge in [0.2, 0.25) is 0 Å². The van der Waals surface area contributed by atoms with Gasteiger partial charge in [0, 0.05) is 10.8 Å². The SMILES string of the molecule is CCOc1ccc2c(O)c(P(=O)(OC(C)C)OC(C)C)cc(O)c2c1. The Balaban J connectivity index is 2.66. The number of phenols is 2. The molecule has 0 aliphatic heterocycles. The van der Waals surface area contributed by atoms with Crippen molar-refractivity contribution in [1.29, 1.82) is 0 Å². The maximum Gasteiger partial charge on any atom is 0.365 e. The molecule has 2 rings (SSSR count). The minimum absolute atomic E-state index is 0.0518. The summed E-state index contributed by atoms with van der Waals surface area (Å²) in [4.78, 5) is 0. The Bertz CT molecular complexity index is 786. The minimum Gasteiger partial charge on any atom is -0.507 e. The van der Waals surface area contributed by atoms with E-state index in [1.54, 1.807) is 45.9 Å². The van der Waals surface area contributed by atoms with Crippen LogP contribution in [0.15, 0.2) is 24.3 Å². The first-order valence-corrected chi connectivity index (χ1v) is 9.81. The number of hydrogen-bond donors (Lipinski definition) is 2. The normalized spacial score (nSPS) is 12.3. The Hall–Kier alpha value is -1.75. The van der Waals surface area contributed by atoms with E-state index in [1.165, 1.54) is 6.07 Å². The standard InChI is InChI=1S/C18H25O6P/c1-6-22-13-7-8-14-15(9-13)16(19)10-17(18(14)20)25(21,23-11(2)3)24-12(4)5/h7-12,19-20H,6H2,1-5H3. The zero-order valence-corrected chi connectivity index (χ0v) is 16.0. The molecule has 0 amide bonds. The lowest BCUT2D eigenvalue weighted by molar-refractivity contribution is 0.150. The average Bonchev–Trinajstić information content (AvgIpc) is 2.49. The Morgan fingerprint density at radius 3 is 2.12 bits per heavy atom. The van der Waals surface area contributed by atoms with Gasteiger partial charge < -0.3 is 24.0 Å². The van der Waals surface area contributed by atoms with Gasteiger partial charge in [-0.25, -0.2) is 0 Å². The molecular weight excluding hydrogens is 343 g/mol. The average molecular weight is 368 g/mol. The fourth-order valence-electron chi connectivity index (χ4n) is 2.51. The van der Waals surface area contributed by atoms with Crippen LogP contribution in [0.2, 0.25) is 0 Å². The highest BCUT2D eigenvalue weighted by molar-refractivity contribution is 7.62. The predicted molar refractivity (Wildman–Crippen MR) is 98.1 cm³/mol. The molecule has 0 radical (unpaired) electrons. The highest BCUT2D eigenvalue weighted by atomic mass is 31.2. The minimum atomic E-state index is -3.82. The van der Waals surface area contributed by atoms with Crippen molar-refractivity contribution in [2.75, 3.05) is 6.61 Å². The van der Waals surface area contributed by atoms with Crippen LogP contribution in [0.3, 0.4) is 0 Å². The summed E-state index contributed by atoms with van der Waals surface area (Å²) in [6.45, 7) is 9.24. The molecule has 0 aromatic heterocycles. The van der Waals surface area contributed by atoms with Gasteiger partial charge in [-0.1, -0.05) is 0 Å². The van der Waals surface area contributed by atoms with Crippen molar-refractivity contribution < 1.29 is 28.6 Å². The molecule has 138 valence electrons. The van der Waals surface area contributed by atoms with Gasteiger partial charge in [0.05, 0.1) is 18.8 Å². The van der Waals surface area contributed by atoms with Crippen LogP contribution < -0.4 is 10.0 Å². The Morgan fingerprint density at radius 1 is 1.00 bits per heavy atom. The van der Waals surface area contributed by atoms with Crippen LogP contribution in [0.5, 0.6) is 17.2 Å². The fourth-order valence-corrected chi connectivity index (χ4v) is 4.56. The van der Waals surface area contributed by atoms with Crippen LogP contribution >= 0.6 is 7.60 Å². The Morgan fingerprint density at radius 2 is 1.60 bits per heavy atom. The number of ether oxygens (including phenoxy) is 1. The van der Waals surface area contributed by atoms with Gasteiger partial charge in [0.1, 0.15) is 22.6 Å². The fraction of sp³-hybridized carbons (Fsp3) is 0.444. The molecule has 2 N–H and O–H groups in total. The number of fused-ring (bicyclic) bond motifs is 1. The van der Waals surface area contributed by atoms with Crippen molar-refractivity contribution in [3.05, 3.63) is 24.3 Å². The number of phenolic OH excluding ortho intramolecular Hbond substituents is 2. The van der Waals surface area contributed by atoms with Crippen LogP contribution in [0.4, 0.5) is 0 Å². The molecule has 0 aliphatic rings. The quantitative estimate of drug-likeness (QED) is 0.559. The second kappa shape index (κ2) is 7.65. The highest BCUT2D eigenvalue weighted by Gasteiger charge is 2.35. The van der Waals surface area contributed by atoms with Gasteiger partial charge in [-0.2, -0.15) is 0 Å². The summed E-state index contributed by atoms with van der Waals surface area (Å²) in [6.07, 6.45) is -0.774. The number of benzene rings is 2. The third-order valence-corrected chi connectivity index (χ3v) is 5.67. The van der Waals surface area contributed by atoms with Crippen molar-refractivity contribution >= 4 is 23.7 Å². The smallest absolute Gasteiger partial charge is 0.365 e. The summed E-state index contributed by atoms with van der Waals surface area (Å²) in [7, 11) is -3.82. The van der Waals surface area contributed by atoms with Crippen LogP contribution in [0.1, 0.15) is 34.6 Å². The maximum atomic E-state index is 13.3. The summed E-state index contributed by atoms with van der Waals surface area (Å²) in [5, 5.41) is 21.8. The van der Waals surface area contributed by atoms with Gasteiger partial charge in [0.15, 0.2) is 0 Å². The summed E-state index contributed by atoms with van der Waals surface area (Å²) < 4.78 is 29.7. The number of hydrogen-bond acceptors (Lipinski definition) is 6. The summed E-state index contributed by atoms with van der Waals surface area (Å²) in [5.41, 5.74) is 0. The van der Waals surface area contributed by atoms with Crippen molar-refractivity contribution in [3.63, 3.8) is 0 Å². The molecule has 0 spiro atoms. The second-order valence-corrected chi connectivity index (χ2v) is 8.11. The van der Waals surface area contributed by atoms with E-state index in [2.05, 4.69) is 0 Å². The van der Waals surface area contributed by atoms with E-state index in [-0.39, 0.29) is 29.0 Å². The van der Waals surface area contributed by atoms with Crippen molar-refractivity contribution in [1.82, 2.24) is 0 Å². The van der Waals surface area contributed by atoms with Crippen LogP contribution in [0, 0.1) is 0 Å². The van der Waals surface area contributed by atoms with Gasteiger partial charge in [-0.05, 0) is 58.9 Å². The molecule has 25 heavy (non-hydrogen) atoms. The summed E-state index contributed by atoms with van der Waals surface area (Å²) >= 11 is 0. The zero-order chi connectivity index (χ0) is 18.8. The van der Waals surface area contributed by atoms with E-state index in [0.29, 0.717) is 23.1 Å². The first-order valence-electron chi connectivity index (χ1n) is 8.26. The lowest BCUT2D eigenvalue weighted by atomic mass is 10.1. The first kappa shape index (κ1) is 19.6. The van der Waals surface area contributed by atoms with E-state index in [4.69, 9.17) is 13.8 Å². The molecule has 0 heterocycles. The molecule has 0 saturated heterocycles. The van der Waals surface area contributed by atoms with Crippen molar-refractivity contribution in [2.45, 2.75) is 46.8 Å². The molecule has 0 fully saturated rings. The third kappa shape index (κ3) is 4.27. The third-order valence-electron chi connectivity index (χ3n) is 3.34. The molecular formula is C18H25O6P. The molecule has 6 nitrogen and oxygen atoms in total. The van der Waals surface area contributed by atoms with E-state index < -0.39 is 7.60 Å². The molecule has 0 aliphatic carbocycles. The maximum absolute atomic E-state index is 13.3. The molecule has 2 aromatic rings. The monoisotopic (exact) mass is 368 g/mol. The predicted octanol–water partition coefficient (Wildman–Crippen LogP) is 4.32. The highest BCUT2D eigenvalue weighted by Crippen LogP contribution is 2.53. The molecule has 0 saturated carbocycles. The van der Waals surface area contributed by atoms with E-state index in [0.717, 1.165) is 0 Å². The van der Waals surface area contributed by atoms with Gasteiger partial charge in [-0.3, -0.25) is 4.57 Å². The molecule has 2 aromatic carbocycles.